The number of aliphatic imine (C=N–C) groups is 1. The van der Waals surface area contributed by atoms with Crippen LogP contribution in [0.15, 0.2) is 23.5 Å². The fraction of sp³-hybridized carbons (Fsp3) is 0.762. The highest BCUT2D eigenvalue weighted by Gasteiger charge is 2.30. The van der Waals surface area contributed by atoms with Gasteiger partial charge in [0.1, 0.15) is 0 Å². The maximum Gasteiger partial charge on any atom is 0.239 e. The maximum atomic E-state index is 12.7. The Labute approximate surface area is 198 Å². The predicted octanol–water partition coefficient (Wildman–Crippen LogP) is 1.73. The molecule has 0 saturated carbocycles. The molecule has 0 aliphatic carbocycles. The standard InChI is InChI=1S/C21H37N7O.HI/c1-4-22-21(23-16-18(2)17-28-11-7-8-24-28)27-14-12-25(13-15-27)19(3)20(29)26-9-5-6-10-26;/h7-8,11,18-19H,4-6,9-10,12-17H2,1-3H3,(H,22,23);1H. The summed E-state index contributed by atoms with van der Waals surface area (Å²) in [5.74, 6) is 1.70. The molecule has 9 heteroatoms. The van der Waals surface area contributed by atoms with Gasteiger partial charge in [0.05, 0.1) is 6.04 Å². The molecule has 2 unspecified atom stereocenters. The number of piperazine rings is 1. The van der Waals surface area contributed by atoms with Gasteiger partial charge in [-0.3, -0.25) is 19.4 Å². The molecule has 8 nitrogen and oxygen atoms in total. The van der Waals surface area contributed by atoms with Crippen molar-refractivity contribution in [3.63, 3.8) is 0 Å². The van der Waals surface area contributed by atoms with Gasteiger partial charge < -0.3 is 15.1 Å². The Hall–Kier alpha value is -1.36. The van der Waals surface area contributed by atoms with E-state index in [4.69, 9.17) is 4.99 Å². The molecule has 1 N–H and O–H groups in total. The number of carbonyl (C=O) groups excluding carboxylic acids is 1. The van der Waals surface area contributed by atoms with E-state index in [1.54, 1.807) is 0 Å². The molecule has 3 rings (SSSR count). The summed E-state index contributed by atoms with van der Waals surface area (Å²) in [4.78, 5) is 24.3. The van der Waals surface area contributed by atoms with Crippen LogP contribution in [0.2, 0.25) is 0 Å². The second kappa shape index (κ2) is 12.5. The third kappa shape index (κ3) is 6.83. The van der Waals surface area contributed by atoms with Gasteiger partial charge in [0, 0.05) is 71.3 Å². The first kappa shape index (κ1) is 24.9. The van der Waals surface area contributed by atoms with Crippen LogP contribution in [0.5, 0.6) is 0 Å². The number of carbonyl (C=O) groups is 1. The lowest BCUT2D eigenvalue weighted by Crippen LogP contribution is -2.57. The van der Waals surface area contributed by atoms with Gasteiger partial charge in [-0.05, 0) is 38.7 Å². The van der Waals surface area contributed by atoms with E-state index in [1.165, 1.54) is 0 Å². The number of hydrogen-bond donors (Lipinski definition) is 1. The van der Waals surface area contributed by atoms with Gasteiger partial charge in [-0.2, -0.15) is 5.10 Å². The number of likely N-dealkylation sites (tertiary alicyclic amines) is 1. The highest BCUT2D eigenvalue weighted by atomic mass is 127. The van der Waals surface area contributed by atoms with Crippen molar-refractivity contribution in [3.8, 4) is 0 Å². The summed E-state index contributed by atoms with van der Waals surface area (Å²) in [5.41, 5.74) is 0. The van der Waals surface area contributed by atoms with Crippen molar-refractivity contribution < 1.29 is 4.79 Å². The summed E-state index contributed by atoms with van der Waals surface area (Å²) in [6, 6.07) is 1.93. The number of nitrogens with one attached hydrogen (secondary N) is 1. The molecule has 3 heterocycles. The molecule has 2 aliphatic heterocycles. The van der Waals surface area contributed by atoms with Crippen molar-refractivity contribution in [3.05, 3.63) is 18.5 Å². The van der Waals surface area contributed by atoms with Crippen molar-refractivity contribution in [1.82, 2.24) is 29.8 Å². The molecule has 2 aliphatic rings. The fourth-order valence-electron chi connectivity index (χ4n) is 4.13. The molecule has 30 heavy (non-hydrogen) atoms. The summed E-state index contributed by atoms with van der Waals surface area (Å²) < 4.78 is 1.96. The minimum Gasteiger partial charge on any atom is -0.357 e. The van der Waals surface area contributed by atoms with Crippen LogP contribution in [0.3, 0.4) is 0 Å². The lowest BCUT2D eigenvalue weighted by molar-refractivity contribution is -0.135. The molecular formula is C21H38IN7O. The SMILES string of the molecule is CCNC(=NCC(C)Cn1cccn1)N1CCN(C(C)C(=O)N2CCCC2)CC1.I. The van der Waals surface area contributed by atoms with Crippen LogP contribution in [0, 0.1) is 5.92 Å². The van der Waals surface area contributed by atoms with Gasteiger partial charge >= 0.3 is 0 Å². The first-order valence-electron chi connectivity index (χ1n) is 11.1. The van der Waals surface area contributed by atoms with Crippen LogP contribution < -0.4 is 5.32 Å². The van der Waals surface area contributed by atoms with E-state index in [1.807, 2.05) is 28.0 Å². The molecule has 0 bridgehead atoms. The number of nitrogens with zero attached hydrogens (tertiary/aromatic N) is 6. The molecule has 0 radical (unpaired) electrons. The summed E-state index contributed by atoms with van der Waals surface area (Å²) in [5, 5.41) is 7.72. The van der Waals surface area contributed by atoms with E-state index in [0.717, 1.165) is 77.7 Å². The zero-order valence-electron chi connectivity index (χ0n) is 18.7. The Bertz CT molecular complexity index is 652. The topological polar surface area (TPSA) is 69.0 Å². The minimum absolute atomic E-state index is 0. The summed E-state index contributed by atoms with van der Waals surface area (Å²) in [6.45, 7) is 14.3. The van der Waals surface area contributed by atoms with Crippen molar-refractivity contribution in [2.75, 3.05) is 52.4 Å². The smallest absolute Gasteiger partial charge is 0.239 e. The fourth-order valence-corrected chi connectivity index (χ4v) is 4.13. The van der Waals surface area contributed by atoms with Crippen molar-refractivity contribution in [2.24, 2.45) is 10.9 Å². The van der Waals surface area contributed by atoms with Crippen LogP contribution in [-0.2, 0) is 11.3 Å². The quantitative estimate of drug-likeness (QED) is 0.330. The van der Waals surface area contributed by atoms with E-state index < -0.39 is 0 Å². The highest BCUT2D eigenvalue weighted by molar-refractivity contribution is 14.0. The zero-order chi connectivity index (χ0) is 20.6. The van der Waals surface area contributed by atoms with Crippen LogP contribution in [0.25, 0.3) is 0 Å². The largest absolute Gasteiger partial charge is 0.357 e. The number of amides is 1. The second-order valence-electron chi connectivity index (χ2n) is 8.26. The van der Waals surface area contributed by atoms with E-state index in [2.05, 4.69) is 41.0 Å². The van der Waals surface area contributed by atoms with Gasteiger partial charge in [0.15, 0.2) is 5.96 Å². The molecule has 2 saturated heterocycles. The van der Waals surface area contributed by atoms with Gasteiger partial charge in [0.25, 0.3) is 0 Å². The lowest BCUT2D eigenvalue weighted by Gasteiger charge is -2.39. The van der Waals surface area contributed by atoms with Gasteiger partial charge in [0.2, 0.25) is 5.91 Å². The Morgan fingerprint density at radius 3 is 2.40 bits per heavy atom. The van der Waals surface area contributed by atoms with E-state index in [0.29, 0.717) is 11.8 Å². The molecule has 1 amide bonds. The third-order valence-corrected chi connectivity index (χ3v) is 5.88. The molecule has 0 spiro atoms. The Morgan fingerprint density at radius 1 is 1.10 bits per heavy atom. The van der Waals surface area contributed by atoms with Gasteiger partial charge in [-0.15, -0.1) is 24.0 Å². The second-order valence-corrected chi connectivity index (χ2v) is 8.26. The Kier molecular flexibility index (Phi) is 10.4. The molecule has 0 aromatic carbocycles. The normalized spacial score (nSPS) is 20.0. The van der Waals surface area contributed by atoms with Crippen LogP contribution in [0.4, 0.5) is 0 Å². The van der Waals surface area contributed by atoms with E-state index in [9.17, 15) is 4.79 Å². The van der Waals surface area contributed by atoms with Gasteiger partial charge in [-0.25, -0.2) is 0 Å². The van der Waals surface area contributed by atoms with E-state index >= 15 is 0 Å². The predicted molar refractivity (Wildman–Crippen MR) is 131 cm³/mol. The third-order valence-electron chi connectivity index (χ3n) is 5.88. The molecule has 1 aromatic heterocycles. The zero-order valence-corrected chi connectivity index (χ0v) is 21.0. The minimum atomic E-state index is -0.0242. The van der Waals surface area contributed by atoms with Crippen molar-refractivity contribution in [1.29, 1.82) is 0 Å². The number of halogens is 1. The average molecular weight is 531 g/mol. The molecule has 170 valence electrons. The molecule has 1 aromatic rings. The van der Waals surface area contributed by atoms with Crippen LogP contribution in [-0.4, -0.2) is 94.7 Å². The molecule has 2 atom stereocenters. The van der Waals surface area contributed by atoms with Crippen molar-refractivity contribution >= 4 is 35.8 Å². The summed E-state index contributed by atoms with van der Waals surface area (Å²) in [6.07, 6.45) is 6.10. The number of rotatable bonds is 7. The number of aromatic nitrogens is 2. The number of hydrogen-bond acceptors (Lipinski definition) is 4. The first-order valence-corrected chi connectivity index (χ1v) is 11.1. The van der Waals surface area contributed by atoms with Crippen LogP contribution in [0.1, 0.15) is 33.6 Å². The average Bonchev–Trinajstić information content (AvgIpc) is 3.44. The summed E-state index contributed by atoms with van der Waals surface area (Å²) >= 11 is 0. The molecule has 2 fully saturated rings. The first-order chi connectivity index (χ1) is 14.1. The Balaban J connectivity index is 0.00000320. The highest BCUT2D eigenvalue weighted by Crippen LogP contribution is 2.14. The maximum absolute atomic E-state index is 12.7. The lowest BCUT2D eigenvalue weighted by atomic mass is 10.2. The summed E-state index contributed by atoms with van der Waals surface area (Å²) in [7, 11) is 0. The van der Waals surface area contributed by atoms with E-state index in [-0.39, 0.29) is 30.0 Å². The van der Waals surface area contributed by atoms with Crippen molar-refractivity contribution in [2.45, 2.75) is 46.2 Å². The van der Waals surface area contributed by atoms with Gasteiger partial charge in [-0.1, -0.05) is 6.92 Å². The monoisotopic (exact) mass is 531 g/mol. The Morgan fingerprint density at radius 2 is 1.80 bits per heavy atom. The van der Waals surface area contributed by atoms with Crippen LogP contribution >= 0.6 is 24.0 Å². The molecular weight excluding hydrogens is 493 g/mol. The number of guanidine groups is 1.